The minimum absolute atomic E-state index is 0.523. The Balaban J connectivity index is 2.44. The first kappa shape index (κ1) is 13.0. The van der Waals surface area contributed by atoms with E-state index in [1.54, 1.807) is 0 Å². The zero-order valence-electron chi connectivity index (χ0n) is 10.4. The van der Waals surface area contributed by atoms with E-state index >= 15 is 0 Å². The molecule has 1 saturated heterocycles. The molecule has 0 bridgehead atoms. The second kappa shape index (κ2) is 5.49. The molecular weight excluding hydrogens is 253 g/mol. The largest absolute Gasteiger partial charge is 0.364 e. The van der Waals surface area contributed by atoms with Gasteiger partial charge in [-0.05, 0) is 37.8 Å². The fourth-order valence-corrected chi connectivity index (χ4v) is 3.34. The minimum atomic E-state index is 0.523. The van der Waals surface area contributed by atoms with Crippen LogP contribution in [0.5, 0.6) is 0 Å². The van der Waals surface area contributed by atoms with Crippen LogP contribution in [0.25, 0.3) is 0 Å². The van der Waals surface area contributed by atoms with Gasteiger partial charge in [0, 0.05) is 18.0 Å². The molecule has 2 rings (SSSR count). The van der Waals surface area contributed by atoms with Gasteiger partial charge in [-0.2, -0.15) is 0 Å². The maximum atomic E-state index is 6.38. The summed E-state index contributed by atoms with van der Waals surface area (Å²) in [4.78, 5) is 2.47. The standard InChI is InChI=1S/C14H19Cl2N/c1-3-12-8-7-10(2)17(12)14-11(9-15)5-4-6-13(14)16/h4-6,10,12H,3,7-9H2,1-2H3. The van der Waals surface area contributed by atoms with Crippen LogP contribution in [0.1, 0.15) is 38.7 Å². The highest BCUT2D eigenvalue weighted by Crippen LogP contribution is 2.39. The van der Waals surface area contributed by atoms with Gasteiger partial charge in [-0.25, -0.2) is 0 Å². The Kier molecular flexibility index (Phi) is 4.22. The Labute approximate surface area is 114 Å². The summed E-state index contributed by atoms with van der Waals surface area (Å²) in [6, 6.07) is 7.18. The van der Waals surface area contributed by atoms with Crippen LogP contribution in [0.15, 0.2) is 18.2 Å². The number of benzene rings is 1. The number of halogens is 2. The second-order valence-electron chi connectivity index (χ2n) is 4.78. The number of para-hydroxylation sites is 1. The summed E-state index contributed by atoms with van der Waals surface area (Å²) in [6.45, 7) is 4.52. The van der Waals surface area contributed by atoms with E-state index in [0.29, 0.717) is 18.0 Å². The van der Waals surface area contributed by atoms with Crippen LogP contribution < -0.4 is 4.90 Å². The van der Waals surface area contributed by atoms with Crippen molar-refractivity contribution in [2.45, 2.75) is 51.1 Å². The molecule has 0 N–H and O–H groups in total. The third kappa shape index (κ3) is 2.41. The zero-order valence-corrected chi connectivity index (χ0v) is 11.9. The van der Waals surface area contributed by atoms with Gasteiger partial charge in [-0.15, -0.1) is 11.6 Å². The van der Waals surface area contributed by atoms with E-state index in [1.807, 2.05) is 12.1 Å². The first-order valence-electron chi connectivity index (χ1n) is 6.30. The summed E-state index contributed by atoms with van der Waals surface area (Å²) in [5, 5.41) is 0.829. The van der Waals surface area contributed by atoms with Crippen LogP contribution in [0.3, 0.4) is 0 Å². The van der Waals surface area contributed by atoms with Crippen LogP contribution in [-0.4, -0.2) is 12.1 Å². The topological polar surface area (TPSA) is 3.24 Å². The molecule has 1 aromatic rings. The average Bonchev–Trinajstić information content (AvgIpc) is 2.70. The highest BCUT2D eigenvalue weighted by molar-refractivity contribution is 6.33. The number of hydrogen-bond acceptors (Lipinski definition) is 1. The molecule has 0 aliphatic carbocycles. The third-order valence-corrected chi connectivity index (χ3v) is 4.32. The first-order chi connectivity index (χ1) is 8.19. The molecule has 2 unspecified atom stereocenters. The van der Waals surface area contributed by atoms with Crippen LogP contribution in [0.2, 0.25) is 5.02 Å². The van der Waals surface area contributed by atoms with Crippen molar-refractivity contribution in [3.05, 3.63) is 28.8 Å². The van der Waals surface area contributed by atoms with E-state index in [0.717, 1.165) is 22.7 Å². The summed E-state index contributed by atoms with van der Waals surface area (Å²) in [6.07, 6.45) is 3.66. The van der Waals surface area contributed by atoms with Gasteiger partial charge in [0.15, 0.2) is 0 Å². The van der Waals surface area contributed by atoms with E-state index in [2.05, 4.69) is 24.8 Å². The molecule has 2 atom stereocenters. The maximum Gasteiger partial charge on any atom is 0.0643 e. The smallest absolute Gasteiger partial charge is 0.0643 e. The molecule has 0 radical (unpaired) electrons. The predicted molar refractivity (Wildman–Crippen MR) is 76.3 cm³/mol. The zero-order chi connectivity index (χ0) is 12.4. The van der Waals surface area contributed by atoms with Crippen molar-refractivity contribution >= 4 is 28.9 Å². The SMILES string of the molecule is CCC1CCC(C)N1c1c(Cl)cccc1CCl. The molecule has 1 nitrogen and oxygen atoms in total. The number of rotatable bonds is 3. The molecule has 1 aromatic carbocycles. The molecule has 3 heteroatoms. The summed E-state index contributed by atoms with van der Waals surface area (Å²) >= 11 is 12.4. The average molecular weight is 272 g/mol. The molecule has 0 saturated carbocycles. The third-order valence-electron chi connectivity index (χ3n) is 3.73. The van der Waals surface area contributed by atoms with Crippen molar-refractivity contribution < 1.29 is 0 Å². The van der Waals surface area contributed by atoms with Gasteiger partial charge in [-0.3, -0.25) is 0 Å². The number of alkyl halides is 1. The van der Waals surface area contributed by atoms with Gasteiger partial charge in [0.25, 0.3) is 0 Å². The summed E-state index contributed by atoms with van der Waals surface area (Å²) in [7, 11) is 0. The van der Waals surface area contributed by atoms with Gasteiger partial charge in [0.1, 0.15) is 0 Å². The van der Waals surface area contributed by atoms with E-state index in [4.69, 9.17) is 23.2 Å². The highest BCUT2D eigenvalue weighted by Gasteiger charge is 2.31. The summed E-state index contributed by atoms with van der Waals surface area (Å²) < 4.78 is 0. The Morgan fingerprint density at radius 1 is 1.35 bits per heavy atom. The Morgan fingerprint density at radius 3 is 2.76 bits per heavy atom. The molecule has 0 aromatic heterocycles. The van der Waals surface area contributed by atoms with Crippen molar-refractivity contribution in [1.29, 1.82) is 0 Å². The Bertz CT molecular complexity index is 392. The lowest BCUT2D eigenvalue weighted by Crippen LogP contribution is -2.35. The van der Waals surface area contributed by atoms with Gasteiger partial charge in [0.05, 0.1) is 10.7 Å². The molecule has 1 aliphatic rings. The quantitative estimate of drug-likeness (QED) is 0.711. The van der Waals surface area contributed by atoms with Crippen molar-refractivity contribution in [2.24, 2.45) is 0 Å². The summed E-state index contributed by atoms with van der Waals surface area (Å²) in [5.74, 6) is 0.523. The Hall–Kier alpha value is -0.400. The van der Waals surface area contributed by atoms with E-state index in [9.17, 15) is 0 Å². The monoisotopic (exact) mass is 271 g/mol. The highest BCUT2D eigenvalue weighted by atomic mass is 35.5. The van der Waals surface area contributed by atoms with Crippen LogP contribution in [0.4, 0.5) is 5.69 Å². The lowest BCUT2D eigenvalue weighted by atomic mass is 10.1. The number of anilines is 1. The molecule has 17 heavy (non-hydrogen) atoms. The molecule has 0 spiro atoms. The van der Waals surface area contributed by atoms with Gasteiger partial charge >= 0.3 is 0 Å². The van der Waals surface area contributed by atoms with E-state index < -0.39 is 0 Å². The van der Waals surface area contributed by atoms with Gasteiger partial charge < -0.3 is 4.90 Å². The van der Waals surface area contributed by atoms with E-state index in [-0.39, 0.29) is 0 Å². The van der Waals surface area contributed by atoms with Crippen LogP contribution in [-0.2, 0) is 5.88 Å². The lowest BCUT2D eigenvalue weighted by molar-refractivity contribution is 0.626. The molecule has 0 amide bonds. The van der Waals surface area contributed by atoms with Gasteiger partial charge in [-0.1, -0.05) is 30.7 Å². The predicted octanol–water partition coefficient (Wildman–Crippen LogP) is 4.85. The number of nitrogens with zero attached hydrogens (tertiary/aromatic N) is 1. The molecule has 94 valence electrons. The van der Waals surface area contributed by atoms with Crippen molar-refractivity contribution in [2.75, 3.05) is 4.90 Å². The molecule has 1 heterocycles. The van der Waals surface area contributed by atoms with Crippen molar-refractivity contribution in [3.63, 3.8) is 0 Å². The van der Waals surface area contributed by atoms with E-state index in [1.165, 1.54) is 12.8 Å². The first-order valence-corrected chi connectivity index (χ1v) is 7.22. The van der Waals surface area contributed by atoms with Gasteiger partial charge in [0.2, 0.25) is 0 Å². The fourth-order valence-electron chi connectivity index (χ4n) is 2.83. The molecular formula is C14H19Cl2N. The van der Waals surface area contributed by atoms with Crippen LogP contribution in [0, 0.1) is 0 Å². The lowest BCUT2D eigenvalue weighted by Gasteiger charge is -2.32. The maximum absolute atomic E-state index is 6.38. The van der Waals surface area contributed by atoms with Crippen LogP contribution >= 0.6 is 23.2 Å². The minimum Gasteiger partial charge on any atom is -0.364 e. The number of hydrogen-bond donors (Lipinski definition) is 0. The van der Waals surface area contributed by atoms with Crippen molar-refractivity contribution in [3.8, 4) is 0 Å². The fraction of sp³-hybridized carbons (Fsp3) is 0.571. The Morgan fingerprint density at radius 2 is 2.12 bits per heavy atom. The second-order valence-corrected chi connectivity index (χ2v) is 5.45. The van der Waals surface area contributed by atoms with Crippen molar-refractivity contribution in [1.82, 2.24) is 0 Å². The molecule has 1 fully saturated rings. The summed E-state index contributed by atoms with van der Waals surface area (Å²) in [5.41, 5.74) is 2.30. The molecule has 1 aliphatic heterocycles. The normalized spacial score (nSPS) is 24.4.